The molecule has 0 aromatic carbocycles. The van der Waals surface area contributed by atoms with Crippen molar-refractivity contribution in [3.63, 3.8) is 0 Å². The van der Waals surface area contributed by atoms with Gasteiger partial charge in [0.2, 0.25) is 0 Å². The minimum absolute atomic E-state index is 0.374. The highest BCUT2D eigenvalue weighted by molar-refractivity contribution is 9.12. The van der Waals surface area contributed by atoms with E-state index in [0.717, 1.165) is 25.8 Å². The standard InChI is InChI=1S/C13H19Br2NS/c1-4-6-16-11(7-9(3)5-2)10-8-12(14)17-13(10)15/h8,11,16H,3-7H2,1-2H3. The Kier molecular flexibility index (Phi) is 7.00. The van der Waals surface area contributed by atoms with Crippen LogP contribution in [0.3, 0.4) is 0 Å². The molecule has 0 aliphatic heterocycles. The van der Waals surface area contributed by atoms with Crippen LogP contribution in [0, 0.1) is 0 Å². The number of halogens is 2. The third kappa shape index (κ3) is 4.86. The summed E-state index contributed by atoms with van der Waals surface area (Å²) in [7, 11) is 0. The summed E-state index contributed by atoms with van der Waals surface area (Å²) in [6.45, 7) is 9.52. The van der Waals surface area contributed by atoms with Crippen LogP contribution in [0.4, 0.5) is 0 Å². The van der Waals surface area contributed by atoms with Crippen molar-refractivity contribution in [2.24, 2.45) is 0 Å². The molecule has 0 fully saturated rings. The van der Waals surface area contributed by atoms with Crippen molar-refractivity contribution in [1.29, 1.82) is 0 Å². The zero-order valence-electron chi connectivity index (χ0n) is 10.4. The third-order valence-electron chi connectivity index (χ3n) is 2.69. The fourth-order valence-electron chi connectivity index (χ4n) is 1.63. The largest absolute Gasteiger partial charge is 0.310 e. The van der Waals surface area contributed by atoms with Crippen LogP contribution in [0.25, 0.3) is 0 Å². The van der Waals surface area contributed by atoms with E-state index in [1.54, 1.807) is 11.3 Å². The van der Waals surface area contributed by atoms with Crippen LogP contribution in [0.5, 0.6) is 0 Å². The van der Waals surface area contributed by atoms with Crippen LogP contribution in [0.15, 0.2) is 25.8 Å². The van der Waals surface area contributed by atoms with Crippen LogP contribution in [-0.4, -0.2) is 6.54 Å². The monoisotopic (exact) mass is 379 g/mol. The lowest BCUT2D eigenvalue weighted by Crippen LogP contribution is -2.22. The molecule has 1 aromatic rings. The Morgan fingerprint density at radius 3 is 2.65 bits per heavy atom. The molecule has 1 N–H and O–H groups in total. The van der Waals surface area contributed by atoms with Crippen molar-refractivity contribution < 1.29 is 0 Å². The highest BCUT2D eigenvalue weighted by Crippen LogP contribution is 2.37. The van der Waals surface area contributed by atoms with Gasteiger partial charge in [0.1, 0.15) is 0 Å². The van der Waals surface area contributed by atoms with Crippen LogP contribution in [-0.2, 0) is 0 Å². The van der Waals surface area contributed by atoms with E-state index in [2.05, 4.69) is 63.7 Å². The molecule has 0 bridgehead atoms. The fourth-order valence-corrected chi connectivity index (χ4v) is 4.61. The summed E-state index contributed by atoms with van der Waals surface area (Å²) >= 11 is 8.91. The zero-order valence-corrected chi connectivity index (χ0v) is 14.3. The summed E-state index contributed by atoms with van der Waals surface area (Å²) in [5.74, 6) is 0. The van der Waals surface area contributed by atoms with Gasteiger partial charge in [0.25, 0.3) is 0 Å². The Balaban J connectivity index is 2.81. The molecule has 1 aromatic heterocycles. The maximum atomic E-state index is 4.12. The Morgan fingerprint density at radius 2 is 2.18 bits per heavy atom. The number of rotatable bonds is 7. The highest BCUT2D eigenvalue weighted by atomic mass is 79.9. The SMILES string of the molecule is C=C(CC)CC(NCCC)c1cc(Br)sc1Br. The maximum absolute atomic E-state index is 4.12. The number of thiophene rings is 1. The molecule has 0 aliphatic carbocycles. The van der Waals surface area contributed by atoms with E-state index in [0.29, 0.717) is 6.04 Å². The first-order valence-electron chi connectivity index (χ1n) is 5.93. The first-order chi connectivity index (χ1) is 8.08. The molecule has 1 unspecified atom stereocenters. The molecule has 0 radical (unpaired) electrons. The van der Waals surface area contributed by atoms with Gasteiger partial charge in [0.05, 0.1) is 7.57 Å². The Labute approximate surface area is 125 Å². The number of hydrogen-bond donors (Lipinski definition) is 1. The van der Waals surface area contributed by atoms with E-state index in [4.69, 9.17) is 0 Å². The average molecular weight is 381 g/mol. The van der Waals surface area contributed by atoms with E-state index in [1.165, 1.54) is 18.7 Å². The molecule has 0 amide bonds. The molecule has 0 saturated heterocycles. The molecule has 96 valence electrons. The van der Waals surface area contributed by atoms with Gasteiger partial charge in [0.15, 0.2) is 0 Å². The van der Waals surface area contributed by atoms with Crippen LogP contribution in [0.1, 0.15) is 44.7 Å². The first kappa shape index (κ1) is 15.4. The normalized spacial score (nSPS) is 12.7. The van der Waals surface area contributed by atoms with E-state index in [-0.39, 0.29) is 0 Å². The molecule has 0 saturated carbocycles. The summed E-state index contributed by atoms with van der Waals surface area (Å²) in [5.41, 5.74) is 2.64. The Morgan fingerprint density at radius 1 is 1.47 bits per heavy atom. The van der Waals surface area contributed by atoms with Gasteiger partial charge in [-0.05, 0) is 69.3 Å². The van der Waals surface area contributed by atoms with Gasteiger partial charge in [-0.15, -0.1) is 11.3 Å². The minimum Gasteiger partial charge on any atom is -0.310 e. The van der Waals surface area contributed by atoms with Crippen molar-refractivity contribution in [3.8, 4) is 0 Å². The maximum Gasteiger partial charge on any atom is 0.0758 e. The van der Waals surface area contributed by atoms with Crippen LogP contribution >= 0.6 is 43.2 Å². The highest BCUT2D eigenvalue weighted by Gasteiger charge is 2.17. The van der Waals surface area contributed by atoms with Gasteiger partial charge in [-0.2, -0.15) is 0 Å². The van der Waals surface area contributed by atoms with Gasteiger partial charge < -0.3 is 5.32 Å². The Hall–Kier alpha value is 0.360. The predicted molar refractivity (Wildman–Crippen MR) is 84.8 cm³/mol. The molecule has 17 heavy (non-hydrogen) atoms. The minimum atomic E-state index is 0.374. The molecule has 1 rings (SSSR count). The average Bonchev–Trinajstić information content (AvgIpc) is 2.63. The van der Waals surface area contributed by atoms with E-state index in [9.17, 15) is 0 Å². The van der Waals surface area contributed by atoms with Gasteiger partial charge in [-0.3, -0.25) is 0 Å². The first-order valence-corrected chi connectivity index (χ1v) is 8.33. The third-order valence-corrected chi connectivity index (χ3v) is 5.08. The van der Waals surface area contributed by atoms with Gasteiger partial charge >= 0.3 is 0 Å². The topological polar surface area (TPSA) is 12.0 Å². The summed E-state index contributed by atoms with van der Waals surface area (Å²) in [6.07, 6.45) is 3.21. The molecular formula is C13H19Br2NS. The summed E-state index contributed by atoms with van der Waals surface area (Å²) in [5, 5.41) is 3.60. The Bertz CT molecular complexity index is 373. The molecule has 0 spiro atoms. The van der Waals surface area contributed by atoms with Crippen molar-refractivity contribution in [1.82, 2.24) is 5.32 Å². The number of nitrogens with one attached hydrogen (secondary N) is 1. The van der Waals surface area contributed by atoms with Crippen LogP contribution in [0.2, 0.25) is 0 Å². The zero-order chi connectivity index (χ0) is 12.8. The second-order valence-corrected chi connectivity index (χ2v) is 7.84. The fraction of sp³-hybridized carbons (Fsp3) is 0.538. The smallest absolute Gasteiger partial charge is 0.0758 e. The molecular weight excluding hydrogens is 362 g/mol. The lowest BCUT2D eigenvalue weighted by atomic mass is 10.0. The summed E-state index contributed by atoms with van der Waals surface area (Å²) in [4.78, 5) is 0. The summed E-state index contributed by atoms with van der Waals surface area (Å²) < 4.78 is 2.38. The second kappa shape index (κ2) is 7.72. The summed E-state index contributed by atoms with van der Waals surface area (Å²) in [6, 6.07) is 2.57. The van der Waals surface area contributed by atoms with E-state index < -0.39 is 0 Å². The second-order valence-electron chi connectivity index (χ2n) is 4.09. The van der Waals surface area contributed by atoms with Crippen molar-refractivity contribution in [3.05, 3.63) is 31.4 Å². The van der Waals surface area contributed by atoms with Crippen molar-refractivity contribution in [2.45, 2.75) is 39.2 Å². The van der Waals surface area contributed by atoms with E-state index >= 15 is 0 Å². The predicted octanol–water partition coefficient (Wildman–Crippen LogP) is 5.67. The quantitative estimate of drug-likeness (QED) is 0.600. The number of hydrogen-bond acceptors (Lipinski definition) is 2. The molecule has 1 nitrogen and oxygen atoms in total. The molecule has 1 heterocycles. The van der Waals surface area contributed by atoms with Crippen molar-refractivity contribution >= 4 is 43.2 Å². The van der Waals surface area contributed by atoms with Gasteiger partial charge in [-0.1, -0.05) is 26.0 Å². The lowest BCUT2D eigenvalue weighted by Gasteiger charge is -2.19. The van der Waals surface area contributed by atoms with Gasteiger partial charge in [0, 0.05) is 6.04 Å². The molecule has 1 atom stereocenters. The molecule has 4 heteroatoms. The van der Waals surface area contributed by atoms with Crippen LogP contribution < -0.4 is 5.32 Å². The van der Waals surface area contributed by atoms with Gasteiger partial charge in [-0.25, -0.2) is 0 Å². The van der Waals surface area contributed by atoms with E-state index in [1.807, 2.05) is 0 Å². The van der Waals surface area contributed by atoms with Crippen molar-refractivity contribution in [2.75, 3.05) is 6.54 Å². The molecule has 0 aliphatic rings. The lowest BCUT2D eigenvalue weighted by molar-refractivity contribution is 0.523.